The zero-order valence-corrected chi connectivity index (χ0v) is 17.3. The number of morpholine rings is 1. The van der Waals surface area contributed by atoms with Crippen LogP contribution in [0, 0.1) is 6.92 Å². The third-order valence-corrected chi connectivity index (χ3v) is 5.30. The molecule has 2 aromatic heterocycles. The van der Waals surface area contributed by atoms with Crippen LogP contribution in [0.2, 0.25) is 0 Å². The smallest absolute Gasteiger partial charge is 0.221 e. The second-order valence-electron chi connectivity index (χ2n) is 7.51. The predicted octanol–water partition coefficient (Wildman–Crippen LogP) is 2.32. The summed E-state index contributed by atoms with van der Waals surface area (Å²) in [6, 6.07) is 10.2. The van der Waals surface area contributed by atoms with Gasteiger partial charge in [0.05, 0.1) is 18.6 Å². The summed E-state index contributed by atoms with van der Waals surface area (Å²) in [6.07, 6.45) is 3.93. The van der Waals surface area contributed by atoms with Crippen molar-refractivity contribution in [3.8, 4) is 0 Å². The van der Waals surface area contributed by atoms with Gasteiger partial charge in [0.2, 0.25) is 5.91 Å². The number of rotatable bonds is 8. The summed E-state index contributed by atoms with van der Waals surface area (Å²) in [5.74, 6) is 0.815. The summed E-state index contributed by atoms with van der Waals surface area (Å²) in [7, 11) is 0. The van der Waals surface area contributed by atoms with Crippen LogP contribution in [0.15, 0.2) is 42.9 Å². The number of ether oxygens (including phenoxy) is 1. The van der Waals surface area contributed by atoms with Gasteiger partial charge in [0.15, 0.2) is 0 Å². The second-order valence-corrected chi connectivity index (χ2v) is 7.51. The van der Waals surface area contributed by atoms with Gasteiger partial charge in [-0.15, -0.1) is 0 Å². The highest BCUT2D eigenvalue weighted by molar-refractivity contribution is 5.89. The Labute approximate surface area is 176 Å². The molecular weight excluding hydrogens is 380 g/mol. The average Bonchev–Trinajstić information content (AvgIpc) is 3.19. The maximum atomic E-state index is 12.2. The number of hydrogen-bond acceptors (Lipinski definition) is 6. The molecular formula is C22H28N6O2. The molecule has 3 heterocycles. The van der Waals surface area contributed by atoms with Crippen molar-refractivity contribution in [3.05, 3.63) is 48.4 Å². The Hall–Kier alpha value is -2.97. The van der Waals surface area contributed by atoms with Gasteiger partial charge in [0.25, 0.3) is 0 Å². The first-order valence-corrected chi connectivity index (χ1v) is 10.4. The third kappa shape index (κ3) is 5.14. The highest BCUT2D eigenvalue weighted by Crippen LogP contribution is 2.24. The van der Waals surface area contributed by atoms with Crippen molar-refractivity contribution < 1.29 is 9.53 Å². The largest absolute Gasteiger partial charge is 0.379 e. The van der Waals surface area contributed by atoms with E-state index in [4.69, 9.17) is 4.74 Å². The lowest BCUT2D eigenvalue weighted by molar-refractivity contribution is -0.121. The molecule has 1 aromatic carbocycles. The number of aryl methyl sites for hydroxylation is 2. The molecule has 0 saturated carbocycles. The van der Waals surface area contributed by atoms with E-state index in [0.717, 1.165) is 55.4 Å². The number of nitrogens with zero attached hydrogens (tertiary/aromatic N) is 4. The Morgan fingerprint density at radius 1 is 1.10 bits per heavy atom. The molecule has 1 fully saturated rings. The summed E-state index contributed by atoms with van der Waals surface area (Å²) in [5, 5.41) is 7.30. The monoisotopic (exact) mass is 408 g/mol. The van der Waals surface area contributed by atoms with E-state index in [1.54, 1.807) is 6.33 Å². The maximum Gasteiger partial charge on any atom is 0.221 e. The number of nitrogens with one attached hydrogen (secondary N) is 2. The van der Waals surface area contributed by atoms with Crippen LogP contribution < -0.4 is 10.6 Å². The molecule has 8 nitrogen and oxygen atoms in total. The Balaban J connectivity index is 1.32. The van der Waals surface area contributed by atoms with E-state index in [2.05, 4.69) is 44.6 Å². The minimum Gasteiger partial charge on any atom is -0.379 e. The zero-order chi connectivity index (χ0) is 20.8. The van der Waals surface area contributed by atoms with Crippen molar-refractivity contribution in [2.75, 3.05) is 44.7 Å². The number of benzene rings is 1. The van der Waals surface area contributed by atoms with E-state index in [-0.39, 0.29) is 5.91 Å². The molecule has 1 amide bonds. The second kappa shape index (κ2) is 9.69. The molecule has 158 valence electrons. The van der Waals surface area contributed by atoms with Gasteiger partial charge in [-0.1, -0.05) is 17.7 Å². The SMILES string of the molecule is Cc1ccc(Nc2ncnc3c2ccn3CCC(=O)NCCN2CCOCC2)cc1. The van der Waals surface area contributed by atoms with E-state index in [1.165, 1.54) is 5.56 Å². The molecule has 3 aromatic rings. The Kier molecular flexibility index (Phi) is 6.56. The molecule has 0 spiro atoms. The van der Waals surface area contributed by atoms with Gasteiger partial charge in [0.1, 0.15) is 17.8 Å². The van der Waals surface area contributed by atoms with Crippen molar-refractivity contribution in [1.29, 1.82) is 0 Å². The summed E-state index contributed by atoms with van der Waals surface area (Å²) < 4.78 is 7.34. The van der Waals surface area contributed by atoms with Gasteiger partial charge < -0.3 is 19.9 Å². The van der Waals surface area contributed by atoms with Crippen molar-refractivity contribution in [2.45, 2.75) is 19.9 Å². The molecule has 1 aliphatic heterocycles. The molecule has 1 aliphatic rings. The first-order valence-electron chi connectivity index (χ1n) is 10.4. The number of aromatic nitrogens is 3. The summed E-state index contributed by atoms with van der Waals surface area (Å²) >= 11 is 0. The van der Waals surface area contributed by atoms with Crippen LogP contribution in [0.3, 0.4) is 0 Å². The van der Waals surface area contributed by atoms with Crippen LogP contribution in [0.25, 0.3) is 11.0 Å². The highest BCUT2D eigenvalue weighted by Gasteiger charge is 2.12. The van der Waals surface area contributed by atoms with Crippen molar-refractivity contribution in [1.82, 2.24) is 24.8 Å². The van der Waals surface area contributed by atoms with Crippen molar-refractivity contribution in [2.24, 2.45) is 0 Å². The molecule has 0 atom stereocenters. The number of fused-ring (bicyclic) bond motifs is 1. The van der Waals surface area contributed by atoms with E-state index < -0.39 is 0 Å². The fourth-order valence-electron chi connectivity index (χ4n) is 3.55. The van der Waals surface area contributed by atoms with Gasteiger partial charge >= 0.3 is 0 Å². The summed E-state index contributed by atoms with van der Waals surface area (Å²) in [6.45, 7) is 7.59. The lowest BCUT2D eigenvalue weighted by Crippen LogP contribution is -2.41. The lowest BCUT2D eigenvalue weighted by atomic mass is 10.2. The van der Waals surface area contributed by atoms with Crippen LogP contribution in [-0.2, 0) is 16.1 Å². The fourth-order valence-corrected chi connectivity index (χ4v) is 3.55. The van der Waals surface area contributed by atoms with Gasteiger partial charge in [-0.2, -0.15) is 0 Å². The molecule has 0 unspecified atom stereocenters. The van der Waals surface area contributed by atoms with Crippen LogP contribution in [0.1, 0.15) is 12.0 Å². The van der Waals surface area contributed by atoms with Crippen LogP contribution in [-0.4, -0.2) is 64.7 Å². The molecule has 2 N–H and O–H groups in total. The van der Waals surface area contributed by atoms with E-state index >= 15 is 0 Å². The number of amides is 1. The summed E-state index contributed by atoms with van der Waals surface area (Å²) in [4.78, 5) is 23.4. The normalized spacial score (nSPS) is 14.7. The number of anilines is 2. The van der Waals surface area contributed by atoms with Crippen LogP contribution >= 0.6 is 0 Å². The fraction of sp³-hybridized carbons (Fsp3) is 0.409. The standard InChI is InChI=1S/C22H28N6O2/c1-17-2-4-18(5-3-17)26-21-19-6-9-28(22(19)25-16-24-21)10-7-20(29)23-8-11-27-12-14-30-15-13-27/h2-6,9,16H,7-8,10-15H2,1H3,(H,23,29)(H,24,25,26). The predicted molar refractivity (Wildman–Crippen MR) is 117 cm³/mol. The lowest BCUT2D eigenvalue weighted by Gasteiger charge is -2.26. The molecule has 8 heteroatoms. The minimum absolute atomic E-state index is 0.0529. The van der Waals surface area contributed by atoms with Crippen molar-refractivity contribution >= 4 is 28.4 Å². The highest BCUT2D eigenvalue weighted by atomic mass is 16.5. The minimum atomic E-state index is 0.0529. The number of carbonyl (C=O) groups excluding carboxylic acids is 1. The van der Waals surface area contributed by atoms with Gasteiger partial charge in [-0.3, -0.25) is 9.69 Å². The molecule has 0 radical (unpaired) electrons. The van der Waals surface area contributed by atoms with E-state index in [9.17, 15) is 4.79 Å². The average molecular weight is 409 g/mol. The maximum absolute atomic E-state index is 12.2. The Morgan fingerprint density at radius 2 is 1.90 bits per heavy atom. The molecule has 1 saturated heterocycles. The quantitative estimate of drug-likeness (QED) is 0.595. The first kappa shape index (κ1) is 20.3. The molecule has 0 aliphatic carbocycles. The number of carbonyl (C=O) groups is 1. The zero-order valence-electron chi connectivity index (χ0n) is 17.3. The van der Waals surface area contributed by atoms with Gasteiger partial charge in [0, 0.05) is 51.0 Å². The Morgan fingerprint density at radius 3 is 2.70 bits per heavy atom. The van der Waals surface area contributed by atoms with Gasteiger partial charge in [-0.05, 0) is 25.1 Å². The Bertz CT molecular complexity index is 979. The van der Waals surface area contributed by atoms with E-state index in [1.807, 2.05) is 29.0 Å². The van der Waals surface area contributed by atoms with E-state index in [0.29, 0.717) is 19.5 Å². The van der Waals surface area contributed by atoms with Gasteiger partial charge in [-0.25, -0.2) is 9.97 Å². The first-order chi connectivity index (χ1) is 14.7. The van der Waals surface area contributed by atoms with Crippen LogP contribution in [0.4, 0.5) is 11.5 Å². The van der Waals surface area contributed by atoms with Crippen molar-refractivity contribution in [3.63, 3.8) is 0 Å². The molecule has 0 bridgehead atoms. The molecule has 4 rings (SSSR count). The number of hydrogen-bond donors (Lipinski definition) is 2. The third-order valence-electron chi connectivity index (χ3n) is 5.30. The van der Waals surface area contributed by atoms with Crippen LogP contribution in [0.5, 0.6) is 0 Å². The summed E-state index contributed by atoms with van der Waals surface area (Å²) in [5.41, 5.74) is 3.01. The molecule has 30 heavy (non-hydrogen) atoms. The topological polar surface area (TPSA) is 84.3 Å².